The molecule has 1 aliphatic heterocycles. The van der Waals surface area contributed by atoms with E-state index >= 15 is 0 Å². The summed E-state index contributed by atoms with van der Waals surface area (Å²) in [6, 6.07) is 0.462. The SMILES string of the molecule is CNC1CCN(C(=O)c2cnc(C34CC5CC(CC(C5)C3)C4)[nH]c2=O)CC1. The second-order valence-corrected chi connectivity index (χ2v) is 9.53. The van der Waals surface area contributed by atoms with Crippen LogP contribution in [0.15, 0.2) is 11.0 Å². The number of aromatic amines is 1. The van der Waals surface area contributed by atoms with Crippen LogP contribution in [0.25, 0.3) is 0 Å². The van der Waals surface area contributed by atoms with E-state index in [0.717, 1.165) is 55.7 Å². The fourth-order valence-electron chi connectivity index (χ4n) is 6.76. The summed E-state index contributed by atoms with van der Waals surface area (Å²) in [5.74, 6) is 3.08. The number of H-pyrrole nitrogens is 1. The van der Waals surface area contributed by atoms with E-state index < -0.39 is 0 Å². The third-order valence-corrected chi connectivity index (χ3v) is 7.76. The van der Waals surface area contributed by atoms with Crippen LogP contribution >= 0.6 is 0 Å². The number of carbonyl (C=O) groups excluding carboxylic acids is 1. The number of nitrogens with zero attached hydrogens (tertiary/aromatic N) is 2. The number of hydrogen-bond donors (Lipinski definition) is 2. The fourth-order valence-corrected chi connectivity index (χ4v) is 6.76. The Bertz CT molecular complexity index is 758. The van der Waals surface area contributed by atoms with E-state index in [0.29, 0.717) is 19.1 Å². The standard InChI is InChI=1S/C21H30N4O2/c1-22-16-2-4-25(5-3-16)19(27)17-12-23-20(24-18(17)26)21-9-13-6-14(10-21)8-15(7-13)11-21/h12-16,22H,2-11H2,1H3,(H,23,24,26). The Morgan fingerprint density at radius 3 is 2.26 bits per heavy atom. The maximum atomic E-state index is 12.8. The molecular weight excluding hydrogens is 340 g/mol. The first kappa shape index (κ1) is 17.4. The summed E-state index contributed by atoms with van der Waals surface area (Å²) in [5, 5.41) is 3.27. The van der Waals surface area contributed by atoms with Gasteiger partial charge in [-0.2, -0.15) is 0 Å². The molecule has 0 unspecified atom stereocenters. The van der Waals surface area contributed by atoms with Crippen LogP contribution < -0.4 is 10.9 Å². The van der Waals surface area contributed by atoms with Crippen LogP contribution in [-0.4, -0.2) is 47.0 Å². The van der Waals surface area contributed by atoms with E-state index in [1.165, 1.54) is 19.3 Å². The zero-order valence-electron chi connectivity index (χ0n) is 16.2. The van der Waals surface area contributed by atoms with Gasteiger partial charge in [-0.05, 0) is 76.2 Å². The average molecular weight is 370 g/mol. The highest BCUT2D eigenvalue weighted by atomic mass is 16.2. The minimum atomic E-state index is -0.253. The van der Waals surface area contributed by atoms with Crippen LogP contribution in [0.2, 0.25) is 0 Å². The first-order valence-corrected chi connectivity index (χ1v) is 10.6. The normalized spacial score (nSPS) is 35.6. The van der Waals surface area contributed by atoms with E-state index in [4.69, 9.17) is 0 Å². The lowest BCUT2D eigenvalue weighted by Gasteiger charge is -2.56. The number of aromatic nitrogens is 2. The summed E-state index contributed by atoms with van der Waals surface area (Å²) in [6.07, 6.45) is 11.0. The van der Waals surface area contributed by atoms with Gasteiger partial charge in [-0.3, -0.25) is 9.59 Å². The molecule has 6 rings (SSSR count). The van der Waals surface area contributed by atoms with Crippen LogP contribution in [-0.2, 0) is 5.41 Å². The highest BCUT2D eigenvalue weighted by Gasteiger charge is 2.53. The zero-order chi connectivity index (χ0) is 18.6. The Morgan fingerprint density at radius 2 is 1.74 bits per heavy atom. The Labute approximate surface area is 160 Å². The molecule has 6 heteroatoms. The largest absolute Gasteiger partial charge is 0.338 e. The maximum Gasteiger partial charge on any atom is 0.263 e. The lowest BCUT2D eigenvalue weighted by atomic mass is 9.49. The van der Waals surface area contributed by atoms with Crippen LogP contribution in [0.4, 0.5) is 0 Å². The lowest BCUT2D eigenvalue weighted by Crippen LogP contribution is -2.50. The van der Waals surface area contributed by atoms with Crippen molar-refractivity contribution in [3.05, 3.63) is 27.9 Å². The van der Waals surface area contributed by atoms with Gasteiger partial charge in [0.25, 0.3) is 11.5 Å². The topological polar surface area (TPSA) is 78.1 Å². The summed E-state index contributed by atoms with van der Waals surface area (Å²) in [6.45, 7) is 1.39. The van der Waals surface area contributed by atoms with Gasteiger partial charge in [0.05, 0.1) is 0 Å². The Balaban J connectivity index is 1.37. The second-order valence-electron chi connectivity index (χ2n) is 9.53. The predicted molar refractivity (Wildman–Crippen MR) is 103 cm³/mol. The minimum Gasteiger partial charge on any atom is -0.338 e. The van der Waals surface area contributed by atoms with E-state index in [-0.39, 0.29) is 22.4 Å². The Morgan fingerprint density at radius 1 is 1.15 bits per heavy atom. The fraction of sp³-hybridized carbons (Fsp3) is 0.762. The molecule has 1 aromatic heterocycles. The highest BCUT2D eigenvalue weighted by molar-refractivity contribution is 5.93. The van der Waals surface area contributed by atoms with Crippen molar-refractivity contribution < 1.29 is 4.79 Å². The third-order valence-electron chi connectivity index (χ3n) is 7.76. The number of carbonyl (C=O) groups is 1. The van der Waals surface area contributed by atoms with Crippen LogP contribution in [0, 0.1) is 17.8 Å². The average Bonchev–Trinajstić information content (AvgIpc) is 2.66. The molecule has 0 aromatic carbocycles. The van der Waals surface area contributed by atoms with Crippen LogP contribution in [0.5, 0.6) is 0 Å². The summed E-state index contributed by atoms with van der Waals surface area (Å²) >= 11 is 0. The van der Waals surface area contributed by atoms with Gasteiger partial charge < -0.3 is 15.2 Å². The first-order valence-electron chi connectivity index (χ1n) is 10.6. The van der Waals surface area contributed by atoms with Crippen molar-refractivity contribution in [3.63, 3.8) is 0 Å². The first-order chi connectivity index (χ1) is 13.1. The molecule has 0 atom stereocenters. The molecule has 27 heavy (non-hydrogen) atoms. The predicted octanol–water partition coefficient (Wildman–Crippen LogP) is 2.06. The molecule has 4 saturated carbocycles. The molecule has 4 aliphatic carbocycles. The smallest absolute Gasteiger partial charge is 0.263 e. The molecule has 5 fully saturated rings. The van der Waals surface area contributed by atoms with Gasteiger partial charge in [0.15, 0.2) is 0 Å². The van der Waals surface area contributed by atoms with Crippen molar-refractivity contribution >= 4 is 5.91 Å². The van der Waals surface area contributed by atoms with E-state index in [1.54, 1.807) is 11.1 Å². The second kappa shape index (κ2) is 6.43. The van der Waals surface area contributed by atoms with Crippen molar-refractivity contribution in [2.45, 2.75) is 62.8 Å². The molecule has 2 N–H and O–H groups in total. The summed E-state index contributed by atoms with van der Waals surface area (Å²) in [7, 11) is 1.96. The number of piperidine rings is 1. The quantitative estimate of drug-likeness (QED) is 0.854. The summed E-state index contributed by atoms with van der Waals surface area (Å²) in [5.41, 5.74) is 0.00328. The molecule has 0 spiro atoms. The Kier molecular flexibility index (Phi) is 4.15. The summed E-state index contributed by atoms with van der Waals surface area (Å²) < 4.78 is 0. The molecular formula is C21H30N4O2. The molecule has 4 bridgehead atoms. The van der Waals surface area contributed by atoms with E-state index in [1.807, 2.05) is 7.05 Å². The molecule has 0 radical (unpaired) electrons. The van der Waals surface area contributed by atoms with Crippen LogP contribution in [0.1, 0.15) is 67.5 Å². The molecule has 5 aliphatic rings. The maximum absolute atomic E-state index is 12.8. The summed E-state index contributed by atoms with van der Waals surface area (Å²) in [4.78, 5) is 35.1. The van der Waals surface area contributed by atoms with Crippen molar-refractivity contribution in [2.24, 2.45) is 17.8 Å². The number of likely N-dealkylation sites (tertiary alicyclic amines) is 1. The van der Waals surface area contributed by atoms with Crippen molar-refractivity contribution in [2.75, 3.05) is 20.1 Å². The molecule has 1 saturated heterocycles. The Hall–Kier alpha value is -1.69. The molecule has 146 valence electrons. The lowest BCUT2D eigenvalue weighted by molar-refractivity contribution is -0.00955. The van der Waals surface area contributed by atoms with Gasteiger partial charge in [0, 0.05) is 30.7 Å². The number of nitrogens with one attached hydrogen (secondary N) is 2. The molecule has 6 nitrogen and oxygen atoms in total. The molecule has 1 amide bonds. The van der Waals surface area contributed by atoms with Gasteiger partial charge in [0.2, 0.25) is 0 Å². The van der Waals surface area contributed by atoms with E-state index in [9.17, 15) is 9.59 Å². The third kappa shape index (κ3) is 2.93. The molecule has 2 heterocycles. The van der Waals surface area contributed by atoms with Gasteiger partial charge in [-0.15, -0.1) is 0 Å². The van der Waals surface area contributed by atoms with Gasteiger partial charge in [-0.25, -0.2) is 4.98 Å². The zero-order valence-corrected chi connectivity index (χ0v) is 16.2. The van der Waals surface area contributed by atoms with Crippen molar-refractivity contribution in [1.82, 2.24) is 20.2 Å². The monoisotopic (exact) mass is 370 g/mol. The van der Waals surface area contributed by atoms with Crippen molar-refractivity contribution in [1.29, 1.82) is 0 Å². The van der Waals surface area contributed by atoms with Gasteiger partial charge >= 0.3 is 0 Å². The minimum absolute atomic E-state index is 0.0562. The number of rotatable bonds is 3. The number of amides is 1. The van der Waals surface area contributed by atoms with Gasteiger partial charge in [-0.1, -0.05) is 0 Å². The van der Waals surface area contributed by atoms with Gasteiger partial charge in [0.1, 0.15) is 11.4 Å². The highest BCUT2D eigenvalue weighted by Crippen LogP contribution is 2.59. The van der Waals surface area contributed by atoms with E-state index in [2.05, 4.69) is 15.3 Å². The van der Waals surface area contributed by atoms with Crippen molar-refractivity contribution in [3.8, 4) is 0 Å². The van der Waals surface area contributed by atoms with Crippen LogP contribution in [0.3, 0.4) is 0 Å². The number of hydrogen-bond acceptors (Lipinski definition) is 4. The molecule has 1 aromatic rings.